The van der Waals surface area contributed by atoms with Crippen LogP contribution in [0.25, 0.3) is 33.9 Å². The number of fused-ring (bicyclic) bond motifs is 3. The molecule has 0 fully saturated rings. The van der Waals surface area contributed by atoms with Crippen LogP contribution >= 0.6 is 0 Å². The number of hydrogen-bond acceptors (Lipinski definition) is 4. The molecule has 1 amide bonds. The SMILES string of the molecule is COc1cc[nH]c1/C=C1\C(=O)Nc2ccc3nc(-c4ccccc4)c(C)nc3c21. The number of aromatic amines is 1. The highest BCUT2D eigenvalue weighted by Crippen LogP contribution is 2.39. The molecular weight excluding hydrogens is 364 g/mol. The molecule has 0 atom stereocenters. The molecule has 0 saturated carbocycles. The summed E-state index contributed by atoms with van der Waals surface area (Å²) in [7, 11) is 1.60. The maximum absolute atomic E-state index is 12.7. The van der Waals surface area contributed by atoms with Crippen LogP contribution in [-0.4, -0.2) is 28.0 Å². The molecule has 0 unspecified atom stereocenters. The van der Waals surface area contributed by atoms with Gasteiger partial charge in [0.15, 0.2) is 0 Å². The van der Waals surface area contributed by atoms with Gasteiger partial charge in [-0.05, 0) is 31.2 Å². The average molecular weight is 382 g/mol. The lowest BCUT2D eigenvalue weighted by atomic mass is 10.0. The number of aryl methyl sites for hydroxylation is 1. The van der Waals surface area contributed by atoms with E-state index in [1.807, 2.05) is 55.5 Å². The molecule has 0 radical (unpaired) electrons. The number of ether oxygens (including phenoxy) is 1. The Balaban J connectivity index is 1.72. The van der Waals surface area contributed by atoms with Crippen molar-refractivity contribution in [3.8, 4) is 17.0 Å². The van der Waals surface area contributed by atoms with E-state index < -0.39 is 0 Å². The topological polar surface area (TPSA) is 79.9 Å². The third kappa shape index (κ3) is 2.77. The highest BCUT2D eigenvalue weighted by atomic mass is 16.5. The molecule has 1 aliphatic rings. The lowest BCUT2D eigenvalue weighted by molar-refractivity contribution is -0.110. The maximum atomic E-state index is 12.7. The predicted molar refractivity (Wildman–Crippen MR) is 114 cm³/mol. The van der Waals surface area contributed by atoms with E-state index in [4.69, 9.17) is 14.7 Å². The minimum atomic E-state index is -0.171. The van der Waals surface area contributed by atoms with Crippen molar-refractivity contribution in [1.29, 1.82) is 0 Å². The number of rotatable bonds is 3. The van der Waals surface area contributed by atoms with Gasteiger partial charge in [-0.3, -0.25) is 4.79 Å². The Morgan fingerprint density at radius 1 is 1.03 bits per heavy atom. The van der Waals surface area contributed by atoms with Crippen LogP contribution in [0.5, 0.6) is 5.75 Å². The second kappa shape index (κ2) is 6.60. The van der Waals surface area contributed by atoms with Crippen LogP contribution in [0, 0.1) is 6.92 Å². The Labute approximate surface area is 167 Å². The standard InChI is InChI=1S/C23H18N4O2/c1-13-21(14-6-4-3-5-7-14)26-17-9-8-16-20(22(17)25-13)15(23(28)27-16)12-18-19(29-2)10-11-24-18/h3-12,24H,1-2H3,(H,27,28)/b15-12-. The molecule has 0 saturated heterocycles. The Bertz CT molecular complexity index is 1290. The van der Waals surface area contributed by atoms with E-state index in [0.717, 1.165) is 39.4 Å². The molecule has 0 bridgehead atoms. The Morgan fingerprint density at radius 3 is 2.66 bits per heavy atom. The van der Waals surface area contributed by atoms with E-state index in [2.05, 4.69) is 10.3 Å². The molecule has 2 aromatic carbocycles. The first kappa shape index (κ1) is 17.2. The average Bonchev–Trinajstić information content (AvgIpc) is 3.32. The number of H-pyrrole nitrogens is 1. The highest BCUT2D eigenvalue weighted by molar-refractivity contribution is 6.37. The van der Waals surface area contributed by atoms with Crippen molar-refractivity contribution < 1.29 is 9.53 Å². The smallest absolute Gasteiger partial charge is 0.256 e. The number of carbonyl (C=O) groups excluding carboxylic acids is 1. The fraction of sp³-hybridized carbons (Fsp3) is 0.0870. The summed E-state index contributed by atoms with van der Waals surface area (Å²) in [6.45, 7) is 1.94. The zero-order valence-electron chi connectivity index (χ0n) is 16.0. The summed E-state index contributed by atoms with van der Waals surface area (Å²) >= 11 is 0. The summed E-state index contributed by atoms with van der Waals surface area (Å²) in [6, 6.07) is 15.6. The van der Waals surface area contributed by atoms with E-state index >= 15 is 0 Å². The monoisotopic (exact) mass is 382 g/mol. The van der Waals surface area contributed by atoms with Gasteiger partial charge in [0.25, 0.3) is 5.91 Å². The van der Waals surface area contributed by atoms with Gasteiger partial charge in [0.05, 0.1) is 46.5 Å². The summed E-state index contributed by atoms with van der Waals surface area (Å²) in [5.74, 6) is 0.503. The van der Waals surface area contributed by atoms with Gasteiger partial charge < -0.3 is 15.0 Å². The minimum Gasteiger partial charge on any atom is -0.495 e. The molecule has 29 heavy (non-hydrogen) atoms. The number of benzene rings is 2. The number of nitrogens with one attached hydrogen (secondary N) is 2. The van der Waals surface area contributed by atoms with E-state index in [1.54, 1.807) is 19.4 Å². The number of hydrogen-bond donors (Lipinski definition) is 2. The molecule has 5 rings (SSSR count). The first-order valence-corrected chi connectivity index (χ1v) is 9.27. The third-order valence-corrected chi connectivity index (χ3v) is 5.07. The van der Waals surface area contributed by atoms with E-state index in [-0.39, 0.29) is 5.91 Å². The lowest BCUT2D eigenvalue weighted by Crippen LogP contribution is -2.03. The summed E-state index contributed by atoms with van der Waals surface area (Å²) in [5, 5.41) is 2.93. The van der Waals surface area contributed by atoms with Gasteiger partial charge in [-0.25, -0.2) is 9.97 Å². The van der Waals surface area contributed by atoms with Crippen molar-refractivity contribution in [2.45, 2.75) is 6.92 Å². The van der Waals surface area contributed by atoms with Crippen LogP contribution in [0.15, 0.2) is 54.7 Å². The fourth-order valence-electron chi connectivity index (χ4n) is 3.70. The molecular formula is C23H18N4O2. The molecule has 4 aromatic rings. The Morgan fingerprint density at radius 2 is 1.86 bits per heavy atom. The number of carbonyl (C=O) groups is 1. The highest BCUT2D eigenvalue weighted by Gasteiger charge is 2.28. The number of nitrogens with zero attached hydrogens (tertiary/aromatic N) is 2. The van der Waals surface area contributed by atoms with Crippen molar-refractivity contribution in [2.75, 3.05) is 12.4 Å². The zero-order valence-corrected chi connectivity index (χ0v) is 16.0. The lowest BCUT2D eigenvalue weighted by Gasteiger charge is -2.10. The largest absolute Gasteiger partial charge is 0.495 e. The second-order valence-corrected chi connectivity index (χ2v) is 6.85. The first-order valence-electron chi connectivity index (χ1n) is 9.27. The van der Waals surface area contributed by atoms with E-state index in [9.17, 15) is 4.79 Å². The molecule has 0 aliphatic carbocycles. The Hall–Kier alpha value is -3.93. The normalized spacial score (nSPS) is 14.3. The molecule has 6 heteroatoms. The van der Waals surface area contributed by atoms with Gasteiger partial charge in [0.2, 0.25) is 0 Å². The number of amides is 1. The van der Waals surface area contributed by atoms with Gasteiger partial charge in [-0.1, -0.05) is 30.3 Å². The van der Waals surface area contributed by atoms with Crippen LogP contribution in [-0.2, 0) is 4.79 Å². The molecule has 2 N–H and O–H groups in total. The number of anilines is 1. The zero-order chi connectivity index (χ0) is 20.0. The van der Waals surface area contributed by atoms with Crippen LogP contribution in [0.4, 0.5) is 5.69 Å². The van der Waals surface area contributed by atoms with Crippen molar-refractivity contribution in [2.24, 2.45) is 0 Å². The minimum absolute atomic E-state index is 0.171. The van der Waals surface area contributed by atoms with Crippen LogP contribution in [0.1, 0.15) is 17.0 Å². The van der Waals surface area contributed by atoms with Gasteiger partial charge >= 0.3 is 0 Å². The Kier molecular flexibility index (Phi) is 3.91. The molecule has 2 aromatic heterocycles. The number of aromatic nitrogens is 3. The van der Waals surface area contributed by atoms with Crippen molar-refractivity contribution in [1.82, 2.24) is 15.0 Å². The molecule has 6 nitrogen and oxygen atoms in total. The van der Waals surface area contributed by atoms with Crippen molar-refractivity contribution in [3.63, 3.8) is 0 Å². The molecule has 0 spiro atoms. The van der Waals surface area contributed by atoms with Crippen LogP contribution in [0.2, 0.25) is 0 Å². The molecule has 142 valence electrons. The first-order chi connectivity index (χ1) is 14.2. The molecule has 3 heterocycles. The predicted octanol–water partition coefficient (Wildman–Crippen LogP) is 4.43. The summed E-state index contributed by atoms with van der Waals surface area (Å²) in [4.78, 5) is 25.5. The van der Waals surface area contributed by atoms with Gasteiger partial charge in [-0.15, -0.1) is 0 Å². The van der Waals surface area contributed by atoms with Crippen LogP contribution < -0.4 is 10.1 Å². The van der Waals surface area contributed by atoms with Gasteiger partial charge in [0, 0.05) is 17.3 Å². The van der Waals surface area contributed by atoms with E-state index in [0.29, 0.717) is 16.8 Å². The van der Waals surface area contributed by atoms with Crippen LogP contribution in [0.3, 0.4) is 0 Å². The maximum Gasteiger partial charge on any atom is 0.256 e. The quantitative estimate of drug-likeness (QED) is 0.514. The van der Waals surface area contributed by atoms with Crippen molar-refractivity contribution >= 4 is 34.3 Å². The number of methoxy groups -OCH3 is 1. The summed E-state index contributed by atoms with van der Waals surface area (Å²) in [5.41, 5.74) is 6.88. The van der Waals surface area contributed by atoms with Gasteiger partial charge in [0.1, 0.15) is 5.75 Å². The molecule has 1 aliphatic heterocycles. The third-order valence-electron chi connectivity index (χ3n) is 5.07. The summed E-state index contributed by atoms with van der Waals surface area (Å²) < 4.78 is 5.35. The van der Waals surface area contributed by atoms with Crippen molar-refractivity contribution in [3.05, 3.63) is 71.7 Å². The van der Waals surface area contributed by atoms with Gasteiger partial charge in [-0.2, -0.15) is 0 Å². The fourth-order valence-corrected chi connectivity index (χ4v) is 3.70. The van der Waals surface area contributed by atoms with E-state index in [1.165, 1.54) is 0 Å². The second-order valence-electron chi connectivity index (χ2n) is 6.85. The summed E-state index contributed by atoms with van der Waals surface area (Å²) in [6.07, 6.45) is 3.57.